The zero-order valence-corrected chi connectivity index (χ0v) is 12.4. The summed E-state index contributed by atoms with van der Waals surface area (Å²) in [4.78, 5) is 0. The summed E-state index contributed by atoms with van der Waals surface area (Å²) >= 11 is 0. The maximum absolute atomic E-state index is 5.85. The van der Waals surface area contributed by atoms with Gasteiger partial charge in [-0.3, -0.25) is 5.84 Å². The van der Waals surface area contributed by atoms with E-state index in [0.717, 1.165) is 17.8 Å². The number of aromatic amines is 1. The lowest BCUT2D eigenvalue weighted by molar-refractivity contribution is -0.632. The number of H-pyrrole nitrogens is 1. The van der Waals surface area contributed by atoms with Crippen molar-refractivity contribution in [1.82, 2.24) is 10.2 Å². The van der Waals surface area contributed by atoms with Crippen molar-refractivity contribution >= 4 is 12.2 Å². The van der Waals surface area contributed by atoms with Gasteiger partial charge in [-0.05, 0) is 49.1 Å². The molecule has 0 fully saturated rings. The van der Waals surface area contributed by atoms with Gasteiger partial charge in [0.25, 0.3) is 0 Å². The van der Waals surface area contributed by atoms with Gasteiger partial charge in [0.1, 0.15) is 0 Å². The van der Waals surface area contributed by atoms with E-state index in [0.29, 0.717) is 5.95 Å². The highest BCUT2D eigenvalue weighted by atomic mass is 15.5. The fourth-order valence-corrected chi connectivity index (χ4v) is 1.96. The number of nitrogen functional groups attached to an aromatic ring is 1. The smallest absolute Gasteiger partial charge is 0.298 e. The molecule has 0 radical (unpaired) electrons. The highest BCUT2D eigenvalue weighted by molar-refractivity contribution is 5.82. The Morgan fingerprint density at radius 3 is 2.65 bits per heavy atom. The Bertz CT molecular complexity index is 641. The number of anilines is 1. The van der Waals surface area contributed by atoms with Crippen LogP contribution in [0.2, 0.25) is 0 Å². The first-order chi connectivity index (χ1) is 9.52. The van der Waals surface area contributed by atoms with Crippen LogP contribution in [0.4, 0.5) is 5.95 Å². The van der Waals surface area contributed by atoms with Gasteiger partial charge in [0.05, 0.1) is 6.21 Å². The van der Waals surface area contributed by atoms with Gasteiger partial charge in [-0.2, -0.15) is 10.5 Å². The highest BCUT2D eigenvalue weighted by Crippen LogP contribution is 2.13. The molecule has 2 rings (SSSR count). The zero-order valence-electron chi connectivity index (χ0n) is 12.4. The Morgan fingerprint density at radius 1 is 1.30 bits per heavy atom. The van der Waals surface area contributed by atoms with Crippen molar-refractivity contribution in [2.24, 2.45) is 5.10 Å². The molecule has 0 amide bonds. The SMILES string of the molecule is CCc1[nH]nc(N/N=C/c2cc(C)c(C)cc2C)[n+]1N. The fourth-order valence-electron chi connectivity index (χ4n) is 1.96. The average Bonchev–Trinajstić information content (AvgIpc) is 2.76. The molecule has 0 spiro atoms. The van der Waals surface area contributed by atoms with Crippen LogP contribution in [-0.2, 0) is 6.42 Å². The Balaban J connectivity index is 2.14. The van der Waals surface area contributed by atoms with Gasteiger partial charge in [0.2, 0.25) is 5.82 Å². The minimum absolute atomic E-state index is 0.486. The molecule has 106 valence electrons. The van der Waals surface area contributed by atoms with E-state index in [-0.39, 0.29) is 0 Å². The first kappa shape index (κ1) is 14.0. The van der Waals surface area contributed by atoms with Gasteiger partial charge in [-0.25, -0.2) is 0 Å². The third kappa shape index (κ3) is 2.79. The van der Waals surface area contributed by atoms with Crippen LogP contribution >= 0.6 is 0 Å². The number of benzene rings is 1. The van der Waals surface area contributed by atoms with Gasteiger partial charge in [0, 0.05) is 11.5 Å². The van der Waals surface area contributed by atoms with Crippen LogP contribution in [0, 0.1) is 20.8 Å². The predicted molar refractivity (Wildman–Crippen MR) is 80.2 cm³/mol. The molecule has 4 N–H and O–H groups in total. The van der Waals surface area contributed by atoms with Gasteiger partial charge in [0.15, 0.2) is 0 Å². The Labute approximate surface area is 118 Å². The lowest BCUT2D eigenvalue weighted by atomic mass is 10.0. The summed E-state index contributed by atoms with van der Waals surface area (Å²) in [6.07, 6.45) is 2.56. The zero-order chi connectivity index (χ0) is 14.7. The van der Waals surface area contributed by atoms with Crippen LogP contribution < -0.4 is 15.9 Å². The molecule has 0 saturated heterocycles. The van der Waals surface area contributed by atoms with Gasteiger partial charge in [-0.1, -0.05) is 13.0 Å². The van der Waals surface area contributed by atoms with Crippen molar-refractivity contribution in [3.05, 3.63) is 40.2 Å². The van der Waals surface area contributed by atoms with Gasteiger partial charge < -0.3 is 0 Å². The molecule has 1 aromatic carbocycles. The van der Waals surface area contributed by atoms with Crippen LogP contribution in [-0.4, -0.2) is 16.4 Å². The molecule has 6 nitrogen and oxygen atoms in total. The van der Waals surface area contributed by atoms with E-state index in [4.69, 9.17) is 5.84 Å². The van der Waals surface area contributed by atoms with E-state index in [2.05, 4.69) is 53.6 Å². The Kier molecular flexibility index (Phi) is 4.02. The summed E-state index contributed by atoms with van der Waals surface area (Å²) in [6.45, 7) is 8.27. The third-order valence-corrected chi connectivity index (χ3v) is 3.40. The molecule has 0 aliphatic rings. The summed E-state index contributed by atoms with van der Waals surface area (Å²) in [7, 11) is 0. The van der Waals surface area contributed by atoms with Crippen molar-refractivity contribution in [3.8, 4) is 0 Å². The molecule has 2 aromatic rings. The normalized spacial score (nSPS) is 11.2. The molecule has 0 unspecified atom stereocenters. The minimum Gasteiger partial charge on any atom is -0.298 e. The van der Waals surface area contributed by atoms with Crippen molar-refractivity contribution in [2.45, 2.75) is 34.1 Å². The summed E-state index contributed by atoms with van der Waals surface area (Å²) in [5.41, 5.74) is 7.65. The van der Waals surface area contributed by atoms with E-state index in [9.17, 15) is 0 Å². The minimum atomic E-state index is 0.486. The number of hydrogen-bond donors (Lipinski definition) is 3. The fraction of sp³-hybridized carbons (Fsp3) is 0.357. The third-order valence-electron chi connectivity index (χ3n) is 3.40. The van der Waals surface area contributed by atoms with E-state index < -0.39 is 0 Å². The first-order valence-corrected chi connectivity index (χ1v) is 6.64. The Hall–Kier alpha value is -2.37. The van der Waals surface area contributed by atoms with Crippen LogP contribution in [0.3, 0.4) is 0 Å². The van der Waals surface area contributed by atoms with Crippen LogP contribution in [0.1, 0.15) is 35.0 Å². The van der Waals surface area contributed by atoms with Crippen molar-refractivity contribution < 1.29 is 4.68 Å². The van der Waals surface area contributed by atoms with E-state index in [1.165, 1.54) is 21.4 Å². The molecule has 6 heteroatoms. The summed E-state index contributed by atoms with van der Waals surface area (Å²) in [5, 5.41) is 11.1. The monoisotopic (exact) mass is 273 g/mol. The molecular formula is C14H21N6+. The number of nitrogens with zero attached hydrogens (tertiary/aromatic N) is 3. The second-order valence-corrected chi connectivity index (χ2v) is 4.88. The first-order valence-electron chi connectivity index (χ1n) is 6.64. The van der Waals surface area contributed by atoms with E-state index in [1.54, 1.807) is 6.21 Å². The van der Waals surface area contributed by atoms with Gasteiger partial charge in [-0.15, -0.1) is 9.78 Å². The van der Waals surface area contributed by atoms with Crippen molar-refractivity contribution in [1.29, 1.82) is 0 Å². The number of hydrazone groups is 1. The molecular weight excluding hydrogens is 252 g/mol. The quantitative estimate of drug-likeness (QED) is 0.340. The number of aromatic nitrogens is 3. The number of rotatable bonds is 4. The van der Waals surface area contributed by atoms with Gasteiger partial charge >= 0.3 is 5.95 Å². The maximum Gasteiger partial charge on any atom is 0.421 e. The predicted octanol–water partition coefficient (Wildman–Crippen LogP) is 1.34. The standard InChI is InChI=1S/C14H20N6/c1-5-13-17-19-14(20(13)15)18-16-8-12-7-10(3)9(2)6-11(12)4/h6-8H,5,15H2,1-4H3,(H,18,19)/p+1/b16-8+. The van der Waals surface area contributed by atoms with Crippen molar-refractivity contribution in [2.75, 3.05) is 11.3 Å². The van der Waals surface area contributed by atoms with Crippen LogP contribution in [0.5, 0.6) is 0 Å². The summed E-state index contributed by atoms with van der Waals surface area (Å²) in [5.74, 6) is 7.18. The summed E-state index contributed by atoms with van der Waals surface area (Å²) in [6, 6.07) is 4.28. The highest BCUT2D eigenvalue weighted by Gasteiger charge is 2.14. The van der Waals surface area contributed by atoms with Crippen molar-refractivity contribution in [3.63, 3.8) is 0 Å². The topological polar surface area (TPSA) is 83.0 Å². The number of aryl methyl sites for hydroxylation is 4. The molecule has 0 bridgehead atoms. The average molecular weight is 273 g/mol. The largest absolute Gasteiger partial charge is 0.421 e. The molecule has 0 aliphatic heterocycles. The Morgan fingerprint density at radius 2 is 2.00 bits per heavy atom. The second-order valence-electron chi connectivity index (χ2n) is 4.88. The number of hydrogen-bond acceptors (Lipinski definition) is 4. The molecule has 0 atom stereocenters. The lowest BCUT2D eigenvalue weighted by Gasteiger charge is -2.05. The van der Waals surface area contributed by atoms with Crippen LogP contribution in [0.25, 0.3) is 0 Å². The van der Waals surface area contributed by atoms with E-state index >= 15 is 0 Å². The molecule has 1 heterocycles. The van der Waals surface area contributed by atoms with Crippen LogP contribution in [0.15, 0.2) is 17.2 Å². The molecule has 0 aliphatic carbocycles. The number of nitrogens with two attached hydrogens (primary N) is 1. The maximum atomic E-state index is 5.85. The molecule has 0 saturated carbocycles. The molecule has 1 aromatic heterocycles. The number of nitrogens with one attached hydrogen (secondary N) is 2. The van der Waals surface area contributed by atoms with E-state index in [1.807, 2.05) is 6.92 Å². The summed E-state index contributed by atoms with van der Waals surface area (Å²) < 4.78 is 1.46. The lowest BCUT2D eigenvalue weighted by Crippen LogP contribution is -2.48. The second kappa shape index (κ2) is 5.73. The molecule has 20 heavy (non-hydrogen) atoms.